The minimum absolute atomic E-state index is 0.0395. The van der Waals surface area contributed by atoms with E-state index in [4.69, 9.17) is 0 Å². The summed E-state index contributed by atoms with van der Waals surface area (Å²) in [6.07, 6.45) is -0.0395. The number of benzene rings is 1. The zero-order valence-corrected chi connectivity index (χ0v) is 18.4. The number of amides is 4. The predicted octanol–water partition coefficient (Wildman–Crippen LogP) is 3.68. The van der Waals surface area contributed by atoms with Crippen LogP contribution in [0.4, 0.5) is 4.79 Å². The number of aromatic nitrogens is 1. The minimum atomic E-state index is -1.23. The Kier molecular flexibility index (Phi) is 5.24. The van der Waals surface area contributed by atoms with Crippen LogP contribution >= 0.6 is 38.6 Å². The monoisotopic (exact) mass is 490 g/mol. The summed E-state index contributed by atoms with van der Waals surface area (Å²) in [5, 5.41) is 7.96. The number of carbonyl (C=O) groups is 3. The first-order valence-corrected chi connectivity index (χ1v) is 11.1. The molecule has 1 saturated heterocycles. The molecule has 4 rings (SSSR count). The molecule has 1 atom stereocenters. The van der Waals surface area contributed by atoms with Crippen LogP contribution in [-0.2, 0) is 21.5 Å². The topological polar surface area (TPSA) is 91.4 Å². The van der Waals surface area contributed by atoms with Gasteiger partial charge in [0.15, 0.2) is 0 Å². The van der Waals surface area contributed by atoms with Crippen molar-refractivity contribution in [1.29, 1.82) is 0 Å². The van der Waals surface area contributed by atoms with E-state index in [1.807, 2.05) is 17.5 Å². The Morgan fingerprint density at radius 3 is 2.69 bits per heavy atom. The van der Waals surface area contributed by atoms with E-state index in [0.717, 1.165) is 19.4 Å². The number of imide groups is 1. The van der Waals surface area contributed by atoms with Crippen molar-refractivity contribution in [2.24, 2.45) is 0 Å². The third kappa shape index (κ3) is 3.83. The lowest BCUT2D eigenvalue weighted by Crippen LogP contribution is -2.48. The highest BCUT2D eigenvalue weighted by atomic mass is 79.9. The number of thiazole rings is 1. The summed E-state index contributed by atoms with van der Waals surface area (Å²) in [6, 6.07) is 10.2. The van der Waals surface area contributed by atoms with Crippen LogP contribution in [0, 0.1) is 0 Å². The van der Waals surface area contributed by atoms with Crippen molar-refractivity contribution in [1.82, 2.24) is 20.7 Å². The van der Waals surface area contributed by atoms with Gasteiger partial charge in [-0.3, -0.25) is 15.0 Å². The Bertz CT molecular complexity index is 1100. The highest BCUT2D eigenvalue weighted by Crippen LogP contribution is 2.32. The van der Waals surface area contributed by atoms with Crippen molar-refractivity contribution in [3.8, 4) is 9.88 Å². The van der Waals surface area contributed by atoms with Gasteiger partial charge in [0.1, 0.15) is 10.5 Å². The van der Waals surface area contributed by atoms with Gasteiger partial charge in [-0.25, -0.2) is 9.78 Å². The number of carbonyl (C=O) groups excluding carboxylic acids is 3. The number of thiophene rings is 1. The SMILES string of the molecule is CC1(c2ccccc2)NC(=O)N(NC(=O)Cc2csc(-c3cc(Br)cs3)n2)C1=O. The summed E-state index contributed by atoms with van der Waals surface area (Å²) in [5.74, 6) is -1.03. The summed E-state index contributed by atoms with van der Waals surface area (Å²) in [6.45, 7) is 1.61. The highest BCUT2D eigenvalue weighted by molar-refractivity contribution is 9.10. The van der Waals surface area contributed by atoms with Gasteiger partial charge in [-0.1, -0.05) is 30.3 Å². The number of hydrazine groups is 1. The molecule has 148 valence electrons. The van der Waals surface area contributed by atoms with Crippen LogP contribution in [0.2, 0.25) is 0 Å². The fraction of sp³-hybridized carbons (Fsp3) is 0.158. The van der Waals surface area contributed by atoms with Crippen molar-refractivity contribution in [3.05, 3.63) is 62.9 Å². The molecule has 10 heteroatoms. The van der Waals surface area contributed by atoms with Gasteiger partial charge in [-0.2, -0.15) is 5.01 Å². The van der Waals surface area contributed by atoms with E-state index in [-0.39, 0.29) is 6.42 Å². The van der Waals surface area contributed by atoms with Crippen LogP contribution in [-0.4, -0.2) is 27.8 Å². The normalized spacial score (nSPS) is 18.8. The minimum Gasteiger partial charge on any atom is -0.318 e. The van der Waals surface area contributed by atoms with Gasteiger partial charge < -0.3 is 5.32 Å². The zero-order valence-electron chi connectivity index (χ0n) is 15.1. The van der Waals surface area contributed by atoms with Crippen molar-refractivity contribution >= 4 is 56.4 Å². The van der Waals surface area contributed by atoms with Gasteiger partial charge in [-0.15, -0.1) is 22.7 Å². The van der Waals surface area contributed by atoms with Crippen LogP contribution < -0.4 is 10.7 Å². The largest absolute Gasteiger partial charge is 0.344 e. The Morgan fingerprint density at radius 2 is 2.00 bits per heavy atom. The molecule has 0 radical (unpaired) electrons. The second kappa shape index (κ2) is 7.69. The molecule has 3 aromatic rings. The van der Waals surface area contributed by atoms with E-state index < -0.39 is 23.4 Å². The molecule has 2 aromatic heterocycles. The average molecular weight is 491 g/mol. The quantitative estimate of drug-likeness (QED) is 0.533. The van der Waals surface area contributed by atoms with Crippen LogP contribution in [0.15, 0.2) is 51.6 Å². The van der Waals surface area contributed by atoms with Gasteiger partial charge in [0.05, 0.1) is 17.0 Å². The maximum absolute atomic E-state index is 12.8. The lowest BCUT2D eigenvalue weighted by molar-refractivity contribution is -0.138. The zero-order chi connectivity index (χ0) is 20.6. The third-order valence-electron chi connectivity index (χ3n) is 4.45. The predicted molar refractivity (Wildman–Crippen MR) is 114 cm³/mol. The second-order valence-corrected chi connectivity index (χ2v) is 9.23. The average Bonchev–Trinajstić information content (AvgIpc) is 3.39. The fourth-order valence-electron chi connectivity index (χ4n) is 2.96. The molecule has 3 heterocycles. The van der Waals surface area contributed by atoms with Gasteiger partial charge in [-0.05, 0) is 34.5 Å². The molecule has 1 aliphatic rings. The van der Waals surface area contributed by atoms with Crippen molar-refractivity contribution in [2.75, 3.05) is 0 Å². The molecule has 1 aromatic carbocycles. The summed E-state index contributed by atoms with van der Waals surface area (Å²) in [4.78, 5) is 43.0. The summed E-state index contributed by atoms with van der Waals surface area (Å²) in [5.41, 5.74) is 2.38. The maximum atomic E-state index is 12.8. The molecule has 4 amide bonds. The molecule has 2 N–H and O–H groups in total. The lowest BCUT2D eigenvalue weighted by atomic mass is 9.92. The molecule has 29 heavy (non-hydrogen) atoms. The molecule has 0 spiro atoms. The number of nitrogens with one attached hydrogen (secondary N) is 2. The van der Waals surface area contributed by atoms with Crippen LogP contribution in [0.1, 0.15) is 18.2 Å². The van der Waals surface area contributed by atoms with Gasteiger partial charge >= 0.3 is 6.03 Å². The molecule has 7 nitrogen and oxygen atoms in total. The number of urea groups is 1. The Labute approximate surface area is 182 Å². The van der Waals surface area contributed by atoms with Gasteiger partial charge in [0, 0.05) is 15.2 Å². The standard InChI is InChI=1S/C19H15BrN4O3S2/c1-19(11-5-3-2-4-6-11)17(26)24(18(27)22-19)23-15(25)8-13-10-29-16(21-13)14-7-12(20)9-28-14/h2-7,9-10H,8H2,1H3,(H,22,27)(H,23,25). The number of rotatable bonds is 5. The molecular weight excluding hydrogens is 476 g/mol. The first-order valence-electron chi connectivity index (χ1n) is 8.57. The third-order valence-corrected chi connectivity index (χ3v) is 7.20. The fourth-order valence-corrected chi connectivity index (χ4v) is 5.29. The summed E-state index contributed by atoms with van der Waals surface area (Å²) in [7, 11) is 0. The first-order chi connectivity index (χ1) is 13.9. The number of nitrogens with zero attached hydrogens (tertiary/aromatic N) is 2. The molecule has 1 aliphatic heterocycles. The van der Waals surface area contributed by atoms with E-state index in [0.29, 0.717) is 11.3 Å². The Morgan fingerprint density at radius 1 is 1.24 bits per heavy atom. The van der Waals surface area contributed by atoms with Gasteiger partial charge in [0.25, 0.3) is 5.91 Å². The second-order valence-electron chi connectivity index (χ2n) is 6.55. The molecule has 1 fully saturated rings. The number of halogens is 1. The van der Waals surface area contributed by atoms with Crippen LogP contribution in [0.25, 0.3) is 9.88 Å². The molecule has 0 aliphatic carbocycles. The van der Waals surface area contributed by atoms with Crippen molar-refractivity contribution in [3.63, 3.8) is 0 Å². The molecule has 0 bridgehead atoms. The van der Waals surface area contributed by atoms with Gasteiger partial charge in [0.2, 0.25) is 5.91 Å². The van der Waals surface area contributed by atoms with Crippen LogP contribution in [0.5, 0.6) is 0 Å². The van der Waals surface area contributed by atoms with E-state index >= 15 is 0 Å². The van der Waals surface area contributed by atoms with E-state index in [2.05, 4.69) is 31.7 Å². The van der Waals surface area contributed by atoms with Crippen molar-refractivity contribution in [2.45, 2.75) is 18.9 Å². The molecular formula is C19H15BrN4O3S2. The maximum Gasteiger partial charge on any atom is 0.344 e. The van der Waals surface area contributed by atoms with Crippen LogP contribution in [0.3, 0.4) is 0 Å². The van der Waals surface area contributed by atoms with E-state index in [9.17, 15) is 14.4 Å². The Balaban J connectivity index is 1.44. The summed E-state index contributed by atoms with van der Waals surface area (Å²) < 4.78 is 0.979. The Hall–Kier alpha value is -2.56. The first kappa shape index (κ1) is 19.7. The molecule has 1 unspecified atom stereocenters. The van der Waals surface area contributed by atoms with E-state index in [1.54, 1.807) is 47.9 Å². The summed E-state index contributed by atoms with van der Waals surface area (Å²) >= 11 is 6.40. The number of hydrogen-bond acceptors (Lipinski definition) is 6. The molecule has 0 saturated carbocycles. The smallest absolute Gasteiger partial charge is 0.318 e. The lowest BCUT2D eigenvalue weighted by Gasteiger charge is -2.22. The number of hydrogen-bond donors (Lipinski definition) is 2. The van der Waals surface area contributed by atoms with E-state index in [1.165, 1.54) is 11.3 Å². The van der Waals surface area contributed by atoms with Crippen molar-refractivity contribution < 1.29 is 14.4 Å². The highest BCUT2D eigenvalue weighted by Gasteiger charge is 2.49.